The van der Waals surface area contributed by atoms with E-state index < -0.39 is 0 Å². The van der Waals surface area contributed by atoms with Crippen LogP contribution in [0.1, 0.15) is 10.4 Å². The van der Waals surface area contributed by atoms with Crippen LogP contribution in [0.25, 0.3) is 16.4 Å². The van der Waals surface area contributed by atoms with Gasteiger partial charge in [-0.15, -0.1) is 0 Å². The Balaban J connectivity index is 2.09. The molecule has 0 aliphatic carbocycles. The van der Waals surface area contributed by atoms with Crippen LogP contribution in [-0.4, -0.2) is 37.2 Å². The topological polar surface area (TPSA) is 75.8 Å². The van der Waals surface area contributed by atoms with Gasteiger partial charge >= 0.3 is 0 Å². The van der Waals surface area contributed by atoms with Gasteiger partial charge in [-0.3, -0.25) is 4.79 Å². The van der Waals surface area contributed by atoms with E-state index in [1.54, 1.807) is 13.2 Å². The molecule has 0 saturated carbocycles. The second kappa shape index (κ2) is 7.02. The van der Waals surface area contributed by atoms with E-state index in [0.29, 0.717) is 24.5 Å². The molecular formula is C18H17N3O3. The number of rotatable bonds is 6. The van der Waals surface area contributed by atoms with Crippen LogP contribution in [0.15, 0.2) is 42.6 Å². The molecule has 0 spiro atoms. The molecule has 2 heterocycles. The number of methoxy groups -OCH3 is 1. The van der Waals surface area contributed by atoms with Crippen molar-refractivity contribution < 1.29 is 14.3 Å². The Kier molecular flexibility index (Phi) is 4.64. The molecule has 0 bridgehead atoms. The van der Waals surface area contributed by atoms with Crippen molar-refractivity contribution in [1.29, 1.82) is 5.26 Å². The van der Waals surface area contributed by atoms with Gasteiger partial charge in [-0.1, -0.05) is 6.07 Å². The van der Waals surface area contributed by atoms with E-state index in [0.717, 1.165) is 16.4 Å². The lowest BCUT2D eigenvalue weighted by Gasteiger charge is -2.04. The average molecular weight is 323 g/mol. The highest BCUT2D eigenvalue weighted by Gasteiger charge is 2.18. The summed E-state index contributed by atoms with van der Waals surface area (Å²) < 4.78 is 12.3. The molecule has 122 valence electrons. The Morgan fingerprint density at radius 2 is 2.17 bits per heavy atom. The lowest BCUT2D eigenvalue weighted by molar-refractivity contribution is 0.0940. The van der Waals surface area contributed by atoms with Crippen molar-refractivity contribution in [2.24, 2.45) is 0 Å². The Morgan fingerprint density at radius 3 is 2.96 bits per heavy atom. The molecule has 0 unspecified atom stereocenters. The summed E-state index contributed by atoms with van der Waals surface area (Å²) in [6, 6.07) is 13.1. The SMILES string of the molecule is COCCNC(=O)c1c2ccc(OCC#N)cc2n2ccccc12. The molecule has 3 rings (SSSR count). The summed E-state index contributed by atoms with van der Waals surface area (Å²) in [6.07, 6.45) is 1.90. The zero-order chi connectivity index (χ0) is 16.9. The fourth-order valence-electron chi connectivity index (χ4n) is 2.72. The van der Waals surface area contributed by atoms with Crippen LogP contribution in [-0.2, 0) is 4.74 Å². The van der Waals surface area contributed by atoms with E-state index in [9.17, 15) is 4.79 Å². The molecule has 6 heteroatoms. The minimum atomic E-state index is -0.142. The van der Waals surface area contributed by atoms with Gasteiger partial charge in [-0.2, -0.15) is 5.26 Å². The van der Waals surface area contributed by atoms with E-state index in [-0.39, 0.29) is 12.5 Å². The molecule has 2 aromatic heterocycles. The first kappa shape index (κ1) is 15.8. The standard InChI is InChI=1S/C18H17N3O3/c1-23-11-8-20-18(22)17-14-6-5-13(24-10-7-19)12-16(14)21-9-3-2-4-15(17)21/h2-6,9,12H,8,10-11H2,1H3,(H,20,22). The van der Waals surface area contributed by atoms with E-state index in [1.807, 2.05) is 47.0 Å². The number of benzene rings is 1. The van der Waals surface area contributed by atoms with Gasteiger partial charge in [-0.25, -0.2) is 0 Å². The number of nitriles is 1. The van der Waals surface area contributed by atoms with E-state index >= 15 is 0 Å². The van der Waals surface area contributed by atoms with Crippen LogP contribution < -0.4 is 10.1 Å². The molecule has 24 heavy (non-hydrogen) atoms. The first-order chi connectivity index (χ1) is 11.8. The summed E-state index contributed by atoms with van der Waals surface area (Å²) in [5.74, 6) is 0.454. The fraction of sp³-hybridized carbons (Fsp3) is 0.222. The summed E-state index contributed by atoms with van der Waals surface area (Å²) in [5.41, 5.74) is 2.30. The Hall–Kier alpha value is -3.04. The number of nitrogens with zero attached hydrogens (tertiary/aromatic N) is 2. The van der Waals surface area contributed by atoms with Gasteiger partial charge in [0.2, 0.25) is 0 Å². The molecule has 0 aliphatic rings. The summed E-state index contributed by atoms with van der Waals surface area (Å²) >= 11 is 0. The zero-order valence-electron chi connectivity index (χ0n) is 13.3. The zero-order valence-corrected chi connectivity index (χ0v) is 13.3. The van der Waals surface area contributed by atoms with Crippen molar-refractivity contribution in [2.75, 3.05) is 26.9 Å². The summed E-state index contributed by atoms with van der Waals surface area (Å²) in [4.78, 5) is 12.6. The van der Waals surface area contributed by atoms with Crippen LogP contribution in [0.5, 0.6) is 5.75 Å². The van der Waals surface area contributed by atoms with E-state index in [2.05, 4.69) is 5.32 Å². The number of aromatic nitrogens is 1. The van der Waals surface area contributed by atoms with Gasteiger partial charge in [0, 0.05) is 31.3 Å². The van der Waals surface area contributed by atoms with Crippen LogP contribution in [0.3, 0.4) is 0 Å². The lowest BCUT2D eigenvalue weighted by atomic mass is 10.1. The van der Waals surface area contributed by atoms with Gasteiger partial charge < -0.3 is 19.2 Å². The van der Waals surface area contributed by atoms with Crippen LogP contribution in [0.4, 0.5) is 0 Å². The van der Waals surface area contributed by atoms with Gasteiger partial charge in [0.1, 0.15) is 11.8 Å². The highest BCUT2D eigenvalue weighted by atomic mass is 16.5. The number of carbonyl (C=O) groups excluding carboxylic acids is 1. The predicted octanol–water partition coefficient (Wildman–Crippen LogP) is 2.37. The number of amides is 1. The van der Waals surface area contributed by atoms with Crippen molar-refractivity contribution in [2.45, 2.75) is 0 Å². The summed E-state index contributed by atoms with van der Waals surface area (Å²) in [6.45, 7) is 0.894. The van der Waals surface area contributed by atoms with Crippen molar-refractivity contribution in [3.8, 4) is 11.8 Å². The summed E-state index contributed by atoms with van der Waals surface area (Å²) in [5, 5.41) is 12.4. The second-order valence-electron chi connectivity index (χ2n) is 5.21. The quantitative estimate of drug-likeness (QED) is 0.707. The number of fused-ring (bicyclic) bond motifs is 3. The van der Waals surface area contributed by atoms with Gasteiger partial charge in [-0.05, 0) is 24.3 Å². The Bertz CT molecular complexity index is 924. The normalized spacial score (nSPS) is 10.7. The maximum Gasteiger partial charge on any atom is 0.254 e. The first-order valence-corrected chi connectivity index (χ1v) is 7.56. The predicted molar refractivity (Wildman–Crippen MR) is 90.2 cm³/mol. The molecule has 1 N–H and O–H groups in total. The van der Waals surface area contributed by atoms with E-state index in [1.165, 1.54) is 0 Å². The van der Waals surface area contributed by atoms with Gasteiger partial charge in [0.15, 0.2) is 6.61 Å². The van der Waals surface area contributed by atoms with Gasteiger partial charge in [0.05, 0.1) is 23.2 Å². The van der Waals surface area contributed by atoms with Crippen molar-refractivity contribution in [3.05, 3.63) is 48.2 Å². The maximum atomic E-state index is 12.6. The number of carbonyl (C=O) groups is 1. The van der Waals surface area contributed by atoms with Crippen molar-refractivity contribution in [3.63, 3.8) is 0 Å². The first-order valence-electron chi connectivity index (χ1n) is 7.56. The molecule has 1 aromatic carbocycles. The molecule has 6 nitrogen and oxygen atoms in total. The van der Waals surface area contributed by atoms with Gasteiger partial charge in [0.25, 0.3) is 5.91 Å². The molecule has 0 saturated heterocycles. The molecule has 0 atom stereocenters. The third kappa shape index (κ3) is 2.90. The molecule has 1 amide bonds. The van der Waals surface area contributed by atoms with Crippen LogP contribution in [0.2, 0.25) is 0 Å². The molecule has 0 fully saturated rings. The largest absolute Gasteiger partial charge is 0.479 e. The Labute approximate surface area is 139 Å². The number of hydrogen-bond acceptors (Lipinski definition) is 4. The maximum absolute atomic E-state index is 12.6. The minimum absolute atomic E-state index is 0.0147. The summed E-state index contributed by atoms with van der Waals surface area (Å²) in [7, 11) is 1.60. The fourth-order valence-corrected chi connectivity index (χ4v) is 2.72. The number of pyridine rings is 1. The number of ether oxygens (including phenoxy) is 2. The third-order valence-electron chi connectivity index (χ3n) is 3.74. The van der Waals surface area contributed by atoms with Crippen LogP contribution in [0, 0.1) is 11.3 Å². The monoisotopic (exact) mass is 323 g/mol. The Morgan fingerprint density at radius 1 is 1.29 bits per heavy atom. The third-order valence-corrected chi connectivity index (χ3v) is 3.74. The minimum Gasteiger partial charge on any atom is -0.479 e. The molecule has 3 aromatic rings. The number of hydrogen-bond donors (Lipinski definition) is 1. The average Bonchev–Trinajstić information content (AvgIpc) is 2.94. The van der Waals surface area contributed by atoms with Crippen molar-refractivity contribution >= 4 is 22.3 Å². The molecule has 0 aliphatic heterocycles. The molecule has 0 radical (unpaired) electrons. The lowest BCUT2D eigenvalue weighted by Crippen LogP contribution is -2.26. The molecular weight excluding hydrogens is 306 g/mol. The highest BCUT2D eigenvalue weighted by Crippen LogP contribution is 2.29. The second-order valence-corrected chi connectivity index (χ2v) is 5.21. The van der Waals surface area contributed by atoms with E-state index in [4.69, 9.17) is 14.7 Å². The van der Waals surface area contributed by atoms with Crippen molar-refractivity contribution in [1.82, 2.24) is 9.72 Å². The smallest absolute Gasteiger partial charge is 0.254 e. The van der Waals surface area contributed by atoms with Crippen LogP contribution >= 0.6 is 0 Å². The number of nitrogens with one attached hydrogen (secondary N) is 1. The highest BCUT2D eigenvalue weighted by molar-refractivity contribution is 6.14.